The summed E-state index contributed by atoms with van der Waals surface area (Å²) in [5.74, 6) is -0.913. The van der Waals surface area contributed by atoms with Gasteiger partial charge in [0.2, 0.25) is 17.7 Å². The molecule has 1 spiro atoms. The summed E-state index contributed by atoms with van der Waals surface area (Å²) in [6.07, 6.45) is 1.47. The molecule has 3 N–H and O–H groups in total. The first-order valence-corrected chi connectivity index (χ1v) is 9.23. The van der Waals surface area contributed by atoms with Gasteiger partial charge in [-0.3, -0.25) is 14.4 Å². The van der Waals surface area contributed by atoms with Crippen molar-refractivity contribution in [1.82, 2.24) is 9.78 Å². The lowest BCUT2D eigenvalue weighted by Gasteiger charge is -2.34. The molecular formula is C19H20ClN5O3. The number of nitrogens with one attached hydrogen (secondary N) is 1. The second-order valence-electron chi connectivity index (χ2n) is 8.11. The van der Waals surface area contributed by atoms with Crippen molar-refractivity contribution in [2.75, 3.05) is 16.8 Å². The number of carbonyl (C=O) groups excluding carboxylic acids is 3. The van der Waals surface area contributed by atoms with Gasteiger partial charge in [-0.2, -0.15) is 5.10 Å². The molecular weight excluding hydrogens is 382 g/mol. The van der Waals surface area contributed by atoms with Gasteiger partial charge in [-0.05, 0) is 32.9 Å². The molecule has 2 aliphatic heterocycles. The van der Waals surface area contributed by atoms with E-state index >= 15 is 0 Å². The molecule has 0 saturated carbocycles. The zero-order valence-corrected chi connectivity index (χ0v) is 16.5. The van der Waals surface area contributed by atoms with Crippen LogP contribution in [0.15, 0.2) is 24.4 Å². The summed E-state index contributed by atoms with van der Waals surface area (Å²) in [6.45, 7) is 5.55. The molecule has 9 heteroatoms. The molecule has 0 fully saturated rings. The first-order valence-electron chi connectivity index (χ1n) is 8.85. The van der Waals surface area contributed by atoms with E-state index in [1.165, 1.54) is 4.90 Å². The normalized spacial score (nSPS) is 20.9. The molecule has 28 heavy (non-hydrogen) atoms. The third kappa shape index (κ3) is 2.37. The fraction of sp³-hybridized carbons (Fsp3) is 0.368. The number of amides is 3. The van der Waals surface area contributed by atoms with Gasteiger partial charge < -0.3 is 16.0 Å². The topological polar surface area (TPSA) is 110 Å². The Morgan fingerprint density at radius 1 is 1.36 bits per heavy atom. The summed E-state index contributed by atoms with van der Waals surface area (Å²) in [7, 11) is 0. The van der Waals surface area contributed by atoms with E-state index in [1.807, 2.05) is 20.8 Å². The number of rotatable bonds is 2. The number of aromatic nitrogens is 2. The Labute approximate surface area is 166 Å². The summed E-state index contributed by atoms with van der Waals surface area (Å²) in [4.78, 5) is 39.3. The van der Waals surface area contributed by atoms with Crippen LogP contribution in [0.5, 0.6) is 0 Å². The zero-order chi connectivity index (χ0) is 20.4. The van der Waals surface area contributed by atoms with Crippen molar-refractivity contribution in [3.05, 3.63) is 40.5 Å². The van der Waals surface area contributed by atoms with Crippen LogP contribution < -0.4 is 16.0 Å². The highest BCUT2D eigenvalue weighted by Gasteiger charge is 2.58. The summed E-state index contributed by atoms with van der Waals surface area (Å²) in [5, 5.41) is 7.64. The van der Waals surface area contributed by atoms with Crippen LogP contribution in [0.1, 0.15) is 38.3 Å². The fourth-order valence-corrected chi connectivity index (χ4v) is 4.47. The van der Waals surface area contributed by atoms with Crippen LogP contribution in [0, 0.1) is 0 Å². The lowest BCUT2D eigenvalue weighted by atomic mass is 9.71. The molecule has 2 aliphatic rings. The molecule has 1 unspecified atom stereocenters. The molecule has 1 atom stereocenters. The Balaban J connectivity index is 2.04. The van der Waals surface area contributed by atoms with Crippen molar-refractivity contribution in [1.29, 1.82) is 0 Å². The van der Waals surface area contributed by atoms with E-state index in [2.05, 4.69) is 10.4 Å². The van der Waals surface area contributed by atoms with Crippen LogP contribution in [0.4, 0.5) is 11.5 Å². The van der Waals surface area contributed by atoms with Crippen LogP contribution in [-0.4, -0.2) is 34.0 Å². The molecule has 146 valence electrons. The number of nitrogens with two attached hydrogens (primary N) is 1. The quantitative estimate of drug-likeness (QED) is 0.798. The van der Waals surface area contributed by atoms with Gasteiger partial charge in [-0.25, -0.2) is 4.68 Å². The Hall–Kier alpha value is -2.87. The smallest absolute Gasteiger partial charge is 0.243 e. The first kappa shape index (κ1) is 18.5. The molecule has 3 amide bonds. The highest BCUT2D eigenvalue weighted by molar-refractivity contribution is 6.34. The molecule has 4 rings (SSSR count). The van der Waals surface area contributed by atoms with E-state index in [4.69, 9.17) is 17.3 Å². The van der Waals surface area contributed by atoms with Gasteiger partial charge in [0.1, 0.15) is 17.8 Å². The van der Waals surface area contributed by atoms with E-state index in [9.17, 15) is 14.4 Å². The van der Waals surface area contributed by atoms with Crippen molar-refractivity contribution in [2.45, 2.75) is 38.1 Å². The SMILES string of the molecule is CC(C)(C)n1ncc2c1NC(=O)CC21C(=O)N(CC(N)=O)c2cccc(Cl)c21. The van der Waals surface area contributed by atoms with Gasteiger partial charge in [0.25, 0.3) is 0 Å². The number of halogens is 1. The van der Waals surface area contributed by atoms with E-state index in [-0.39, 0.29) is 18.9 Å². The van der Waals surface area contributed by atoms with Gasteiger partial charge in [-0.1, -0.05) is 17.7 Å². The van der Waals surface area contributed by atoms with Gasteiger partial charge in [0.05, 0.1) is 17.4 Å². The largest absolute Gasteiger partial charge is 0.368 e. The fourth-order valence-electron chi connectivity index (χ4n) is 4.14. The maximum atomic E-state index is 13.6. The Bertz CT molecular complexity index is 1040. The highest BCUT2D eigenvalue weighted by atomic mass is 35.5. The molecule has 0 radical (unpaired) electrons. The predicted molar refractivity (Wildman–Crippen MR) is 104 cm³/mol. The zero-order valence-electron chi connectivity index (χ0n) is 15.7. The monoisotopic (exact) mass is 401 g/mol. The van der Waals surface area contributed by atoms with E-state index < -0.39 is 22.8 Å². The third-order valence-corrected chi connectivity index (χ3v) is 5.50. The number of carbonyl (C=O) groups is 3. The minimum atomic E-state index is -1.34. The van der Waals surface area contributed by atoms with Crippen LogP contribution in [0.25, 0.3) is 0 Å². The van der Waals surface area contributed by atoms with E-state index in [1.54, 1.807) is 29.1 Å². The molecule has 8 nitrogen and oxygen atoms in total. The second-order valence-corrected chi connectivity index (χ2v) is 8.52. The van der Waals surface area contributed by atoms with Crippen molar-refractivity contribution >= 4 is 40.8 Å². The number of fused-ring (bicyclic) bond motifs is 4. The number of anilines is 2. The van der Waals surface area contributed by atoms with Crippen LogP contribution in [-0.2, 0) is 25.3 Å². The van der Waals surface area contributed by atoms with E-state index in [0.29, 0.717) is 27.7 Å². The van der Waals surface area contributed by atoms with Gasteiger partial charge in [0.15, 0.2) is 0 Å². The molecule has 1 aromatic heterocycles. The van der Waals surface area contributed by atoms with Gasteiger partial charge in [-0.15, -0.1) is 0 Å². The maximum absolute atomic E-state index is 13.6. The summed E-state index contributed by atoms with van der Waals surface area (Å²) in [6, 6.07) is 5.07. The predicted octanol–water partition coefficient (Wildman–Crippen LogP) is 1.75. The Morgan fingerprint density at radius 3 is 2.71 bits per heavy atom. The number of hydrogen-bond acceptors (Lipinski definition) is 4. The second kappa shape index (κ2) is 5.81. The van der Waals surface area contributed by atoms with Crippen molar-refractivity contribution in [2.24, 2.45) is 5.73 Å². The lowest BCUT2D eigenvalue weighted by Crippen LogP contribution is -2.48. The van der Waals surface area contributed by atoms with Crippen molar-refractivity contribution < 1.29 is 14.4 Å². The lowest BCUT2D eigenvalue weighted by molar-refractivity contribution is -0.127. The highest BCUT2D eigenvalue weighted by Crippen LogP contribution is 2.54. The summed E-state index contributed by atoms with van der Waals surface area (Å²) >= 11 is 6.52. The third-order valence-electron chi connectivity index (χ3n) is 5.18. The van der Waals surface area contributed by atoms with Crippen molar-refractivity contribution in [3.8, 4) is 0 Å². The Morgan fingerprint density at radius 2 is 2.07 bits per heavy atom. The minimum Gasteiger partial charge on any atom is -0.368 e. The van der Waals surface area contributed by atoms with Crippen LogP contribution in [0.3, 0.4) is 0 Å². The average Bonchev–Trinajstić information content (AvgIpc) is 3.10. The first-order chi connectivity index (χ1) is 13.1. The minimum absolute atomic E-state index is 0.124. The number of hydrogen-bond donors (Lipinski definition) is 2. The number of primary amides is 1. The standard InChI is InChI=1S/C19H20ClN5O3/c1-18(2,3)25-16-10(8-22-25)19(7-14(27)23-16)15-11(20)5-4-6-12(15)24(17(19)28)9-13(21)26/h4-6,8H,7,9H2,1-3H3,(H2,21,26)(H,23,27). The number of nitrogens with zero attached hydrogens (tertiary/aromatic N) is 3. The van der Waals surface area contributed by atoms with Crippen LogP contribution >= 0.6 is 11.6 Å². The maximum Gasteiger partial charge on any atom is 0.243 e. The Kier molecular flexibility index (Phi) is 3.84. The average molecular weight is 402 g/mol. The summed E-state index contributed by atoms with van der Waals surface area (Å²) in [5.41, 5.74) is 5.16. The molecule has 1 aromatic carbocycles. The molecule has 2 aromatic rings. The molecule has 0 saturated heterocycles. The van der Waals surface area contributed by atoms with E-state index in [0.717, 1.165) is 0 Å². The van der Waals surface area contributed by atoms with Crippen LogP contribution in [0.2, 0.25) is 5.02 Å². The molecule has 0 bridgehead atoms. The molecule has 0 aliphatic carbocycles. The van der Waals surface area contributed by atoms with Gasteiger partial charge >= 0.3 is 0 Å². The summed E-state index contributed by atoms with van der Waals surface area (Å²) < 4.78 is 1.68. The number of benzene rings is 1. The molecule has 3 heterocycles. The van der Waals surface area contributed by atoms with Gasteiger partial charge in [0, 0.05) is 22.6 Å². The van der Waals surface area contributed by atoms with Crippen molar-refractivity contribution in [3.63, 3.8) is 0 Å².